The average molecular weight is 671 g/mol. The third kappa shape index (κ3) is 4.88. The lowest BCUT2D eigenvalue weighted by Gasteiger charge is -2.37. The van der Waals surface area contributed by atoms with Crippen molar-refractivity contribution in [1.82, 2.24) is 29.5 Å². The Kier molecular flexibility index (Phi) is 7.47. The average Bonchev–Trinajstić information content (AvgIpc) is 3.71. The van der Waals surface area contributed by atoms with Gasteiger partial charge in [0.25, 0.3) is 5.91 Å². The Morgan fingerprint density at radius 2 is 2.02 bits per heavy atom. The molecule has 3 atom stereocenters. The van der Waals surface area contributed by atoms with Crippen molar-refractivity contribution in [3.05, 3.63) is 62.0 Å². The van der Waals surface area contributed by atoms with Gasteiger partial charge < -0.3 is 19.3 Å². The number of amides is 1. The molecule has 1 aromatic carbocycles. The number of aryl methyl sites for hydroxylation is 1. The molecule has 6 heterocycles. The molecule has 1 amide bonds. The first-order chi connectivity index (χ1) is 22.2. The molecular weight excluding hydrogens is 632 g/mol. The lowest BCUT2D eigenvalue weighted by molar-refractivity contribution is -0.0730. The molecule has 8 rings (SSSR count). The number of carbonyl (C=O) groups is 1. The van der Waals surface area contributed by atoms with Gasteiger partial charge in [-0.15, -0.1) is 0 Å². The van der Waals surface area contributed by atoms with Crippen LogP contribution < -0.4 is 9.64 Å². The molecule has 244 valence electrons. The van der Waals surface area contributed by atoms with Crippen LogP contribution in [0.2, 0.25) is 10.0 Å². The minimum atomic E-state index is -0.842. The van der Waals surface area contributed by atoms with Gasteiger partial charge in [0.1, 0.15) is 18.6 Å². The fourth-order valence-corrected chi connectivity index (χ4v) is 8.89. The van der Waals surface area contributed by atoms with Crippen molar-refractivity contribution in [2.45, 2.75) is 82.0 Å². The summed E-state index contributed by atoms with van der Waals surface area (Å²) in [6.45, 7) is 3.78. The second kappa shape index (κ2) is 11.3. The van der Waals surface area contributed by atoms with E-state index in [1.165, 1.54) is 4.90 Å². The van der Waals surface area contributed by atoms with E-state index in [0.29, 0.717) is 63.3 Å². The van der Waals surface area contributed by atoms with E-state index in [-0.39, 0.29) is 17.1 Å². The maximum atomic E-state index is 14.6. The third-order valence-electron chi connectivity index (χ3n) is 10.7. The monoisotopic (exact) mass is 669 g/mol. The molecule has 46 heavy (non-hydrogen) atoms. The molecule has 2 saturated heterocycles. The van der Waals surface area contributed by atoms with E-state index in [1.54, 1.807) is 14.1 Å². The number of benzene rings is 1. The van der Waals surface area contributed by atoms with Crippen molar-refractivity contribution >= 4 is 34.9 Å². The van der Waals surface area contributed by atoms with Gasteiger partial charge in [-0.2, -0.15) is 15.1 Å². The zero-order chi connectivity index (χ0) is 31.8. The molecule has 10 nitrogen and oxygen atoms in total. The number of halogens is 3. The van der Waals surface area contributed by atoms with Crippen molar-refractivity contribution < 1.29 is 18.7 Å². The first-order valence-corrected chi connectivity index (χ1v) is 17.0. The first-order valence-electron chi connectivity index (χ1n) is 16.2. The first kappa shape index (κ1) is 30.4. The summed E-state index contributed by atoms with van der Waals surface area (Å²) < 4.78 is 29.6. The maximum absolute atomic E-state index is 14.6. The van der Waals surface area contributed by atoms with E-state index in [9.17, 15) is 9.18 Å². The predicted molar refractivity (Wildman–Crippen MR) is 171 cm³/mol. The van der Waals surface area contributed by atoms with E-state index < -0.39 is 11.8 Å². The molecule has 2 aromatic heterocycles. The Balaban J connectivity index is 1.17. The topological polar surface area (TPSA) is 88.9 Å². The number of ether oxygens (including phenoxy) is 2. The Hall–Kier alpha value is -2.99. The van der Waals surface area contributed by atoms with Gasteiger partial charge in [-0.1, -0.05) is 35.3 Å². The molecule has 13 heteroatoms. The minimum Gasteiger partial charge on any atom is -0.461 e. The number of nitrogens with zero attached hydrogens (tertiary/aromatic N) is 7. The molecular formula is C33H38Cl2FN7O3. The minimum absolute atomic E-state index is 0.231. The zero-order valence-electron chi connectivity index (χ0n) is 26.2. The highest BCUT2D eigenvalue weighted by Crippen LogP contribution is 2.49. The van der Waals surface area contributed by atoms with Crippen molar-refractivity contribution in [3.8, 4) is 6.01 Å². The van der Waals surface area contributed by atoms with Crippen LogP contribution in [-0.4, -0.2) is 87.5 Å². The van der Waals surface area contributed by atoms with Crippen LogP contribution in [0.1, 0.15) is 70.7 Å². The summed E-state index contributed by atoms with van der Waals surface area (Å²) in [6.07, 6.45) is 4.58. The van der Waals surface area contributed by atoms with E-state index >= 15 is 0 Å². The summed E-state index contributed by atoms with van der Waals surface area (Å²) in [7, 11) is 3.38. The van der Waals surface area contributed by atoms with E-state index in [2.05, 4.69) is 21.0 Å². The van der Waals surface area contributed by atoms with Crippen LogP contribution in [0.15, 0.2) is 18.2 Å². The van der Waals surface area contributed by atoms with Gasteiger partial charge in [0.05, 0.1) is 40.7 Å². The number of aromatic nitrogens is 4. The standard InChI is InChI=1S/C33H38Cl2FN7O3/c1-40(2)30(44)28-27(35)26-17-41(11-5-13-43(26)39-28)29-22-18-46-33(10-8-21-23(33)6-3-7-24(21)34)15-25(22)37-31(38-29)45-19-32-9-4-12-42(32)16-20(36)14-32/h3,6-7,20H,4-5,8-19H2,1-2H3/t20-,32+,33+/m1/s1. The van der Waals surface area contributed by atoms with E-state index in [1.807, 2.05) is 16.8 Å². The third-order valence-corrected chi connectivity index (χ3v) is 11.4. The second-order valence-electron chi connectivity index (χ2n) is 13.7. The van der Waals surface area contributed by atoms with Crippen LogP contribution in [0.3, 0.4) is 0 Å². The molecule has 4 aliphatic heterocycles. The molecule has 0 bridgehead atoms. The fraction of sp³-hybridized carbons (Fsp3) is 0.576. The Labute approximate surface area is 277 Å². The van der Waals surface area contributed by atoms with Gasteiger partial charge in [0, 0.05) is 57.2 Å². The largest absolute Gasteiger partial charge is 0.461 e. The molecule has 1 aliphatic carbocycles. The van der Waals surface area contributed by atoms with Crippen LogP contribution >= 0.6 is 23.2 Å². The number of hydrogen-bond acceptors (Lipinski definition) is 8. The molecule has 3 aromatic rings. The Bertz CT molecular complexity index is 1720. The number of fused-ring (bicyclic) bond motifs is 5. The van der Waals surface area contributed by atoms with Crippen LogP contribution in [0, 0.1) is 0 Å². The lowest BCUT2D eigenvalue weighted by atomic mass is 9.87. The number of hydrogen-bond donors (Lipinski definition) is 0. The van der Waals surface area contributed by atoms with Crippen molar-refractivity contribution in [2.24, 2.45) is 0 Å². The molecule has 0 unspecified atom stereocenters. The number of rotatable bonds is 5. The van der Waals surface area contributed by atoms with Crippen molar-refractivity contribution in [2.75, 3.05) is 45.2 Å². The SMILES string of the molecule is CN(C)C(=O)c1nn2c(c1Cl)CN(c1nc(OC[C@@]34CCCN3C[C@H](F)C4)nc3c1CO[C@@]1(CCc4c(Cl)cccc41)C3)CCC2. The van der Waals surface area contributed by atoms with Gasteiger partial charge in [0.15, 0.2) is 5.69 Å². The molecule has 0 radical (unpaired) electrons. The van der Waals surface area contributed by atoms with Crippen LogP contribution in [-0.2, 0) is 42.9 Å². The highest BCUT2D eigenvalue weighted by atomic mass is 35.5. The molecule has 0 N–H and O–H groups in total. The van der Waals surface area contributed by atoms with Gasteiger partial charge in [-0.25, -0.2) is 4.39 Å². The zero-order valence-corrected chi connectivity index (χ0v) is 27.7. The van der Waals surface area contributed by atoms with Crippen LogP contribution in [0.4, 0.5) is 10.2 Å². The summed E-state index contributed by atoms with van der Waals surface area (Å²) in [4.78, 5) is 28.8. The highest BCUT2D eigenvalue weighted by Gasteiger charge is 2.50. The van der Waals surface area contributed by atoms with Crippen LogP contribution in [0.25, 0.3) is 0 Å². The van der Waals surface area contributed by atoms with Crippen molar-refractivity contribution in [1.29, 1.82) is 0 Å². The number of anilines is 1. The summed E-state index contributed by atoms with van der Waals surface area (Å²) in [5.74, 6) is 0.506. The van der Waals surface area contributed by atoms with Gasteiger partial charge in [-0.05, 0) is 55.8 Å². The predicted octanol–water partition coefficient (Wildman–Crippen LogP) is 4.96. The van der Waals surface area contributed by atoms with Gasteiger partial charge in [0.2, 0.25) is 0 Å². The Morgan fingerprint density at radius 3 is 2.87 bits per heavy atom. The summed E-state index contributed by atoms with van der Waals surface area (Å²) >= 11 is 13.4. The maximum Gasteiger partial charge on any atom is 0.318 e. The highest BCUT2D eigenvalue weighted by molar-refractivity contribution is 6.34. The summed E-state index contributed by atoms with van der Waals surface area (Å²) in [5.41, 5.74) is 4.26. The van der Waals surface area contributed by atoms with Crippen LogP contribution in [0.5, 0.6) is 6.01 Å². The molecule has 0 saturated carbocycles. The Morgan fingerprint density at radius 1 is 1.15 bits per heavy atom. The second-order valence-corrected chi connectivity index (χ2v) is 14.4. The van der Waals surface area contributed by atoms with Gasteiger partial charge in [-0.3, -0.25) is 14.4 Å². The lowest BCUT2D eigenvalue weighted by Crippen LogP contribution is -2.43. The normalized spacial score (nSPS) is 26.9. The van der Waals surface area contributed by atoms with Crippen molar-refractivity contribution in [3.63, 3.8) is 0 Å². The number of alkyl halides is 1. The summed E-state index contributed by atoms with van der Waals surface area (Å²) in [5, 5.41) is 5.72. The number of carbonyl (C=O) groups excluding carboxylic acids is 1. The smallest absolute Gasteiger partial charge is 0.318 e. The quantitative estimate of drug-likeness (QED) is 0.377. The van der Waals surface area contributed by atoms with E-state index in [0.717, 1.165) is 77.6 Å². The van der Waals surface area contributed by atoms with E-state index in [4.69, 9.17) is 42.6 Å². The fourth-order valence-electron chi connectivity index (χ4n) is 8.34. The molecule has 5 aliphatic rings. The molecule has 2 fully saturated rings. The van der Waals surface area contributed by atoms with Gasteiger partial charge >= 0.3 is 6.01 Å². The molecule has 1 spiro atoms. The summed E-state index contributed by atoms with van der Waals surface area (Å²) in [6, 6.07) is 6.33.